The minimum Gasteiger partial charge on any atom is -0.484 e. The molecule has 0 aromatic carbocycles. The normalized spacial score (nSPS) is 19.7. The van der Waals surface area contributed by atoms with E-state index in [0.29, 0.717) is 31.7 Å². The van der Waals surface area contributed by atoms with Crippen molar-refractivity contribution in [1.29, 1.82) is 0 Å². The van der Waals surface area contributed by atoms with E-state index in [2.05, 4.69) is 4.99 Å². The van der Waals surface area contributed by atoms with Gasteiger partial charge in [0.1, 0.15) is 5.78 Å². The van der Waals surface area contributed by atoms with Crippen molar-refractivity contribution in [3.63, 3.8) is 0 Å². The van der Waals surface area contributed by atoms with Crippen LogP contribution in [0, 0.1) is 0 Å². The van der Waals surface area contributed by atoms with Crippen molar-refractivity contribution in [2.24, 2.45) is 4.99 Å². The molecule has 0 amide bonds. The van der Waals surface area contributed by atoms with Gasteiger partial charge in [-0.2, -0.15) is 0 Å². The molecule has 1 rings (SSSR count). The first kappa shape index (κ1) is 7.25. The second-order valence-corrected chi connectivity index (χ2v) is 2.27. The molecule has 3 heteroatoms. The molecule has 56 valence electrons. The molecule has 0 radical (unpaired) electrons. The SMILES string of the molecule is COC1=NCCC(=O)CC1. The first-order chi connectivity index (χ1) is 4.83. The van der Waals surface area contributed by atoms with E-state index in [1.54, 1.807) is 7.11 Å². The van der Waals surface area contributed by atoms with Crippen molar-refractivity contribution in [2.45, 2.75) is 19.3 Å². The van der Waals surface area contributed by atoms with E-state index in [1.807, 2.05) is 0 Å². The van der Waals surface area contributed by atoms with Gasteiger partial charge in [-0.05, 0) is 0 Å². The van der Waals surface area contributed by atoms with Crippen LogP contribution < -0.4 is 0 Å². The van der Waals surface area contributed by atoms with E-state index in [-0.39, 0.29) is 5.78 Å². The number of rotatable bonds is 0. The van der Waals surface area contributed by atoms with Gasteiger partial charge in [0, 0.05) is 25.8 Å². The van der Waals surface area contributed by atoms with Gasteiger partial charge < -0.3 is 4.74 Å². The first-order valence-corrected chi connectivity index (χ1v) is 3.42. The van der Waals surface area contributed by atoms with Crippen LogP contribution in [-0.4, -0.2) is 25.3 Å². The van der Waals surface area contributed by atoms with E-state index >= 15 is 0 Å². The van der Waals surface area contributed by atoms with Gasteiger partial charge in [0.05, 0.1) is 7.11 Å². The number of aliphatic imine (C=N–C) groups is 1. The van der Waals surface area contributed by atoms with Crippen LogP contribution in [0.1, 0.15) is 19.3 Å². The molecular formula is C7H11NO2. The summed E-state index contributed by atoms with van der Waals surface area (Å²) in [4.78, 5) is 14.9. The van der Waals surface area contributed by atoms with Gasteiger partial charge >= 0.3 is 0 Å². The Balaban J connectivity index is 2.47. The molecule has 0 saturated carbocycles. The molecule has 0 spiro atoms. The third kappa shape index (κ3) is 1.83. The summed E-state index contributed by atoms with van der Waals surface area (Å²) in [5.41, 5.74) is 0. The number of carbonyl (C=O) groups excluding carboxylic acids is 1. The fourth-order valence-corrected chi connectivity index (χ4v) is 0.922. The Morgan fingerprint density at radius 2 is 2.20 bits per heavy atom. The van der Waals surface area contributed by atoms with Gasteiger partial charge in [-0.15, -0.1) is 0 Å². The number of hydrogen-bond acceptors (Lipinski definition) is 3. The van der Waals surface area contributed by atoms with Crippen molar-refractivity contribution in [1.82, 2.24) is 0 Å². The van der Waals surface area contributed by atoms with Crippen LogP contribution >= 0.6 is 0 Å². The predicted molar refractivity (Wildman–Crippen MR) is 38.2 cm³/mol. The van der Waals surface area contributed by atoms with E-state index in [9.17, 15) is 4.79 Å². The summed E-state index contributed by atoms with van der Waals surface area (Å²) in [6, 6.07) is 0. The second-order valence-electron chi connectivity index (χ2n) is 2.27. The zero-order valence-corrected chi connectivity index (χ0v) is 6.09. The lowest BCUT2D eigenvalue weighted by atomic mass is 10.2. The monoisotopic (exact) mass is 141 g/mol. The maximum atomic E-state index is 10.8. The standard InChI is InChI=1S/C7H11NO2/c1-10-7-3-2-6(9)4-5-8-7/h2-5H2,1H3. The second kappa shape index (κ2) is 3.34. The minimum absolute atomic E-state index is 0.288. The summed E-state index contributed by atoms with van der Waals surface area (Å²) in [7, 11) is 1.59. The summed E-state index contributed by atoms with van der Waals surface area (Å²) in [5.74, 6) is 1.00. The average molecular weight is 141 g/mol. The molecule has 1 aliphatic heterocycles. The van der Waals surface area contributed by atoms with Crippen molar-refractivity contribution in [2.75, 3.05) is 13.7 Å². The summed E-state index contributed by atoms with van der Waals surface area (Å²) in [5, 5.41) is 0. The van der Waals surface area contributed by atoms with E-state index in [4.69, 9.17) is 4.74 Å². The fourth-order valence-electron chi connectivity index (χ4n) is 0.922. The number of ketones is 1. The summed E-state index contributed by atoms with van der Waals surface area (Å²) in [6.07, 6.45) is 1.84. The number of hydrogen-bond donors (Lipinski definition) is 0. The molecule has 1 aliphatic rings. The molecule has 0 bridgehead atoms. The van der Waals surface area contributed by atoms with Gasteiger partial charge in [0.2, 0.25) is 0 Å². The maximum absolute atomic E-state index is 10.8. The Kier molecular flexibility index (Phi) is 2.42. The number of methoxy groups -OCH3 is 1. The Hall–Kier alpha value is -0.860. The largest absolute Gasteiger partial charge is 0.484 e. The van der Waals surface area contributed by atoms with Gasteiger partial charge in [0.15, 0.2) is 5.90 Å². The van der Waals surface area contributed by atoms with Crippen molar-refractivity contribution >= 4 is 11.7 Å². The lowest BCUT2D eigenvalue weighted by molar-refractivity contribution is -0.118. The van der Waals surface area contributed by atoms with Crippen LogP contribution in [0.2, 0.25) is 0 Å². The topological polar surface area (TPSA) is 38.7 Å². The number of ether oxygens (including phenoxy) is 1. The molecule has 0 unspecified atom stereocenters. The summed E-state index contributed by atoms with van der Waals surface area (Å²) < 4.78 is 4.92. The van der Waals surface area contributed by atoms with E-state index in [1.165, 1.54) is 0 Å². The summed E-state index contributed by atoms with van der Waals surface area (Å²) >= 11 is 0. The maximum Gasteiger partial charge on any atom is 0.183 e. The Morgan fingerprint density at radius 3 is 2.90 bits per heavy atom. The Bertz CT molecular complexity index is 163. The van der Waals surface area contributed by atoms with Crippen LogP contribution in [-0.2, 0) is 9.53 Å². The van der Waals surface area contributed by atoms with Gasteiger partial charge in [-0.1, -0.05) is 0 Å². The number of Topliss-reactive ketones (excluding diaryl/α,β-unsaturated/α-hetero) is 1. The fraction of sp³-hybridized carbons (Fsp3) is 0.714. The van der Waals surface area contributed by atoms with Crippen molar-refractivity contribution in [3.8, 4) is 0 Å². The highest BCUT2D eigenvalue weighted by atomic mass is 16.5. The Labute approximate surface area is 60.1 Å². The molecule has 0 saturated heterocycles. The average Bonchev–Trinajstić information content (AvgIpc) is 2.14. The van der Waals surface area contributed by atoms with E-state index < -0.39 is 0 Å². The van der Waals surface area contributed by atoms with Crippen LogP contribution in [0.25, 0.3) is 0 Å². The molecular weight excluding hydrogens is 130 g/mol. The molecule has 0 atom stereocenters. The van der Waals surface area contributed by atoms with Crippen molar-refractivity contribution < 1.29 is 9.53 Å². The third-order valence-corrected chi connectivity index (χ3v) is 1.53. The first-order valence-electron chi connectivity index (χ1n) is 3.42. The third-order valence-electron chi connectivity index (χ3n) is 1.53. The molecule has 0 fully saturated rings. The lowest BCUT2D eigenvalue weighted by Crippen LogP contribution is -2.01. The molecule has 3 nitrogen and oxygen atoms in total. The van der Waals surface area contributed by atoms with Crippen LogP contribution in [0.3, 0.4) is 0 Å². The van der Waals surface area contributed by atoms with Gasteiger partial charge in [-0.3, -0.25) is 9.79 Å². The molecule has 0 N–H and O–H groups in total. The van der Waals surface area contributed by atoms with Crippen LogP contribution in [0.15, 0.2) is 4.99 Å². The Morgan fingerprint density at radius 1 is 1.40 bits per heavy atom. The highest BCUT2D eigenvalue weighted by Gasteiger charge is 2.09. The number of nitrogens with zero attached hydrogens (tertiary/aromatic N) is 1. The lowest BCUT2D eigenvalue weighted by Gasteiger charge is -1.98. The molecule has 10 heavy (non-hydrogen) atoms. The van der Waals surface area contributed by atoms with E-state index in [0.717, 1.165) is 0 Å². The highest BCUT2D eigenvalue weighted by molar-refractivity contribution is 5.86. The molecule has 0 aromatic heterocycles. The van der Waals surface area contributed by atoms with Gasteiger partial charge in [0.25, 0.3) is 0 Å². The molecule has 1 heterocycles. The van der Waals surface area contributed by atoms with Gasteiger partial charge in [-0.25, -0.2) is 0 Å². The molecule has 0 aliphatic carbocycles. The zero-order valence-electron chi connectivity index (χ0n) is 6.09. The zero-order chi connectivity index (χ0) is 7.40. The van der Waals surface area contributed by atoms with Crippen LogP contribution in [0.4, 0.5) is 0 Å². The predicted octanol–water partition coefficient (Wildman–Crippen LogP) is 0.784. The highest BCUT2D eigenvalue weighted by Crippen LogP contribution is 2.03. The minimum atomic E-state index is 0.288. The smallest absolute Gasteiger partial charge is 0.183 e. The summed E-state index contributed by atoms with van der Waals surface area (Å²) in [6.45, 7) is 0.599. The number of carbonyl (C=O) groups is 1. The quantitative estimate of drug-likeness (QED) is 0.500. The molecule has 0 aromatic rings. The van der Waals surface area contributed by atoms with Crippen molar-refractivity contribution in [3.05, 3.63) is 0 Å². The van der Waals surface area contributed by atoms with Crippen LogP contribution in [0.5, 0.6) is 0 Å².